The van der Waals surface area contributed by atoms with Gasteiger partial charge in [-0.3, -0.25) is 0 Å². The lowest BCUT2D eigenvalue weighted by Crippen LogP contribution is -2.02. The maximum atomic E-state index is 5.41. The number of hydrogen-bond acceptors (Lipinski definition) is 4. The maximum Gasteiger partial charge on any atom is 0.315 e. The lowest BCUT2D eigenvalue weighted by Gasteiger charge is -1.97. The van der Waals surface area contributed by atoms with Crippen molar-refractivity contribution in [2.75, 3.05) is 6.61 Å². The van der Waals surface area contributed by atoms with Gasteiger partial charge >= 0.3 is 6.01 Å². The van der Waals surface area contributed by atoms with E-state index in [1.54, 1.807) is 4.68 Å². The smallest absolute Gasteiger partial charge is 0.315 e. The van der Waals surface area contributed by atoms with Crippen LogP contribution in [0.4, 0.5) is 0 Å². The third-order valence-corrected chi connectivity index (χ3v) is 1.86. The molecule has 0 atom stereocenters. The first-order valence-corrected chi connectivity index (χ1v) is 4.17. The number of aryl methyl sites for hydroxylation is 1. The summed E-state index contributed by atoms with van der Waals surface area (Å²) in [5.41, 5.74) is 5.41. The maximum absolute atomic E-state index is 5.41. The van der Waals surface area contributed by atoms with Crippen LogP contribution in [0.3, 0.4) is 0 Å². The Kier molecular flexibility index (Phi) is 1.95. The molecule has 2 rings (SSSR count). The minimum absolute atomic E-state index is 0.378. The molecule has 0 amide bonds. The number of nitrogens with zero attached hydrogens (tertiary/aromatic N) is 3. The highest BCUT2D eigenvalue weighted by Crippen LogP contribution is 2.13. The second kappa shape index (κ2) is 3.10. The highest BCUT2D eigenvalue weighted by molar-refractivity contribution is 4.98. The fourth-order valence-electron chi connectivity index (χ4n) is 1.24. The molecule has 0 saturated heterocycles. The molecule has 1 aliphatic heterocycles. The van der Waals surface area contributed by atoms with E-state index < -0.39 is 0 Å². The molecule has 2 heterocycles. The van der Waals surface area contributed by atoms with Gasteiger partial charge in [0.15, 0.2) is 5.82 Å². The van der Waals surface area contributed by atoms with Gasteiger partial charge in [0.05, 0.1) is 13.2 Å². The molecule has 12 heavy (non-hydrogen) atoms. The summed E-state index contributed by atoms with van der Waals surface area (Å²) in [6.45, 7) is 2.01. The molecule has 1 aliphatic rings. The van der Waals surface area contributed by atoms with Gasteiger partial charge in [-0.1, -0.05) is 0 Å². The van der Waals surface area contributed by atoms with Crippen LogP contribution >= 0.6 is 0 Å². The normalized spacial score (nSPS) is 16.4. The second-order valence-electron chi connectivity index (χ2n) is 2.79. The Morgan fingerprint density at radius 2 is 2.42 bits per heavy atom. The number of hydrogen-bond donors (Lipinski definition) is 1. The van der Waals surface area contributed by atoms with Crippen molar-refractivity contribution < 1.29 is 4.74 Å². The Morgan fingerprint density at radius 3 is 3.25 bits per heavy atom. The first-order valence-electron chi connectivity index (χ1n) is 4.17. The molecule has 0 aliphatic carbocycles. The Labute approximate surface area is 70.5 Å². The zero-order chi connectivity index (χ0) is 8.39. The Morgan fingerprint density at radius 1 is 1.50 bits per heavy atom. The molecule has 0 unspecified atom stereocenters. The van der Waals surface area contributed by atoms with Crippen LogP contribution in [0.15, 0.2) is 0 Å². The Balaban J connectivity index is 2.26. The summed E-state index contributed by atoms with van der Waals surface area (Å²) < 4.78 is 7.15. The SMILES string of the molecule is NCc1nc2n(n1)CCCCO2. The fraction of sp³-hybridized carbons (Fsp3) is 0.714. The molecule has 0 saturated carbocycles. The van der Waals surface area contributed by atoms with E-state index in [2.05, 4.69) is 10.1 Å². The molecule has 2 N–H and O–H groups in total. The topological polar surface area (TPSA) is 66.0 Å². The average molecular weight is 168 g/mol. The number of aromatic nitrogens is 3. The minimum atomic E-state index is 0.378. The molecular formula is C7H12N4O. The molecule has 66 valence electrons. The monoisotopic (exact) mass is 168 g/mol. The predicted molar refractivity (Wildman–Crippen MR) is 42.6 cm³/mol. The van der Waals surface area contributed by atoms with Crippen LogP contribution in [0, 0.1) is 0 Å². The van der Waals surface area contributed by atoms with Crippen LogP contribution in [0.5, 0.6) is 6.01 Å². The molecule has 1 aromatic rings. The lowest BCUT2D eigenvalue weighted by molar-refractivity contribution is 0.292. The summed E-state index contributed by atoms with van der Waals surface area (Å²) in [4.78, 5) is 4.13. The second-order valence-corrected chi connectivity index (χ2v) is 2.79. The minimum Gasteiger partial charge on any atom is -0.464 e. The predicted octanol–water partition coefficient (Wildman–Crippen LogP) is -0.0906. The van der Waals surface area contributed by atoms with Crippen molar-refractivity contribution >= 4 is 0 Å². The van der Waals surface area contributed by atoms with Crippen LogP contribution < -0.4 is 10.5 Å². The van der Waals surface area contributed by atoms with Gasteiger partial charge in [0.2, 0.25) is 0 Å². The zero-order valence-electron chi connectivity index (χ0n) is 6.86. The summed E-state index contributed by atoms with van der Waals surface area (Å²) in [5, 5.41) is 4.18. The van der Waals surface area contributed by atoms with Crippen molar-refractivity contribution in [3.8, 4) is 6.01 Å². The van der Waals surface area contributed by atoms with Crippen LogP contribution in [-0.4, -0.2) is 21.4 Å². The zero-order valence-corrected chi connectivity index (χ0v) is 6.86. The van der Waals surface area contributed by atoms with E-state index in [1.165, 1.54) is 0 Å². The quantitative estimate of drug-likeness (QED) is 0.636. The number of fused-ring (bicyclic) bond motifs is 1. The van der Waals surface area contributed by atoms with Gasteiger partial charge in [-0.25, -0.2) is 4.68 Å². The highest BCUT2D eigenvalue weighted by atomic mass is 16.5. The molecular weight excluding hydrogens is 156 g/mol. The van der Waals surface area contributed by atoms with Gasteiger partial charge in [-0.15, -0.1) is 0 Å². The summed E-state index contributed by atoms with van der Waals surface area (Å²) in [5.74, 6) is 0.659. The largest absolute Gasteiger partial charge is 0.464 e. The van der Waals surface area contributed by atoms with Gasteiger partial charge in [0.1, 0.15) is 0 Å². The molecule has 0 fully saturated rings. The van der Waals surface area contributed by atoms with Crippen LogP contribution in [0.25, 0.3) is 0 Å². The number of rotatable bonds is 1. The summed E-state index contributed by atoms with van der Waals surface area (Å²) in [6.07, 6.45) is 2.17. The summed E-state index contributed by atoms with van der Waals surface area (Å²) in [6, 6.07) is 0.618. The van der Waals surface area contributed by atoms with E-state index in [-0.39, 0.29) is 0 Å². The Hall–Kier alpha value is -1.10. The van der Waals surface area contributed by atoms with Gasteiger partial charge in [-0.2, -0.15) is 10.1 Å². The molecule has 0 radical (unpaired) electrons. The third-order valence-electron chi connectivity index (χ3n) is 1.86. The van der Waals surface area contributed by atoms with Crippen LogP contribution in [-0.2, 0) is 13.1 Å². The van der Waals surface area contributed by atoms with Crippen molar-refractivity contribution in [1.29, 1.82) is 0 Å². The van der Waals surface area contributed by atoms with Crippen LogP contribution in [0.1, 0.15) is 18.7 Å². The number of nitrogens with two attached hydrogens (primary N) is 1. The van der Waals surface area contributed by atoms with E-state index >= 15 is 0 Å². The first kappa shape index (κ1) is 7.54. The molecule has 1 aromatic heterocycles. The Bertz CT molecular complexity index is 247. The van der Waals surface area contributed by atoms with E-state index in [9.17, 15) is 0 Å². The van der Waals surface area contributed by atoms with E-state index in [0.717, 1.165) is 26.0 Å². The van der Waals surface area contributed by atoms with Gasteiger partial charge in [0, 0.05) is 6.54 Å². The molecule has 5 heteroatoms. The lowest BCUT2D eigenvalue weighted by atomic mass is 10.3. The molecule has 5 nitrogen and oxygen atoms in total. The molecule has 0 bridgehead atoms. The summed E-state index contributed by atoms with van der Waals surface area (Å²) >= 11 is 0. The van der Waals surface area contributed by atoms with Crippen molar-refractivity contribution in [2.24, 2.45) is 5.73 Å². The van der Waals surface area contributed by atoms with Crippen LogP contribution in [0.2, 0.25) is 0 Å². The van der Waals surface area contributed by atoms with E-state index in [4.69, 9.17) is 10.5 Å². The van der Waals surface area contributed by atoms with E-state index in [1.807, 2.05) is 0 Å². The molecule has 0 aromatic carbocycles. The standard InChI is InChI=1S/C7H12N4O/c8-5-6-9-7-11(10-6)3-1-2-4-12-7/h1-5,8H2. The third kappa shape index (κ3) is 1.27. The van der Waals surface area contributed by atoms with Gasteiger partial charge in [-0.05, 0) is 12.8 Å². The first-order chi connectivity index (χ1) is 5.90. The molecule has 0 spiro atoms. The van der Waals surface area contributed by atoms with Crippen molar-refractivity contribution in [3.05, 3.63) is 5.82 Å². The van der Waals surface area contributed by atoms with Gasteiger partial charge in [0.25, 0.3) is 0 Å². The fourth-order valence-corrected chi connectivity index (χ4v) is 1.24. The van der Waals surface area contributed by atoms with Crippen molar-refractivity contribution in [1.82, 2.24) is 14.8 Å². The highest BCUT2D eigenvalue weighted by Gasteiger charge is 2.12. The number of ether oxygens (including phenoxy) is 1. The van der Waals surface area contributed by atoms with Crippen molar-refractivity contribution in [3.63, 3.8) is 0 Å². The van der Waals surface area contributed by atoms with Crippen molar-refractivity contribution in [2.45, 2.75) is 25.9 Å². The average Bonchev–Trinajstić information content (AvgIpc) is 2.37. The van der Waals surface area contributed by atoms with Gasteiger partial charge < -0.3 is 10.5 Å². The van der Waals surface area contributed by atoms with E-state index in [0.29, 0.717) is 18.4 Å². The summed E-state index contributed by atoms with van der Waals surface area (Å²) in [7, 11) is 0.